The lowest BCUT2D eigenvalue weighted by Gasteiger charge is -2.11. The maximum absolute atomic E-state index is 14.0. The molecule has 5 nitrogen and oxygen atoms in total. The zero-order valence-electron chi connectivity index (χ0n) is 20.7. The van der Waals surface area contributed by atoms with Crippen LogP contribution < -0.4 is 0 Å². The highest BCUT2D eigenvalue weighted by Gasteiger charge is 2.31. The third-order valence-electron chi connectivity index (χ3n) is 6.60. The third kappa shape index (κ3) is 4.40. The van der Waals surface area contributed by atoms with E-state index in [2.05, 4.69) is 0 Å². The molecule has 4 aromatic carbocycles. The Morgan fingerprint density at radius 3 is 2.18 bits per heavy atom. The fourth-order valence-corrected chi connectivity index (χ4v) is 4.63. The number of imidazole rings is 1. The summed E-state index contributed by atoms with van der Waals surface area (Å²) in [4.78, 5) is 18.8. The Hall–Kier alpha value is -4.98. The molecule has 0 fully saturated rings. The quantitative estimate of drug-likeness (QED) is 0.240. The fourth-order valence-electron chi connectivity index (χ4n) is 4.63. The Kier molecular flexibility index (Phi) is 5.87. The van der Waals surface area contributed by atoms with E-state index < -0.39 is 11.7 Å². The molecule has 0 saturated carbocycles. The van der Waals surface area contributed by atoms with Crippen LogP contribution in [0, 0.1) is 6.92 Å². The fraction of sp³-hybridized carbons (Fsp3) is 0.0645. The highest BCUT2D eigenvalue weighted by molar-refractivity contribution is 6.05. The van der Waals surface area contributed by atoms with Gasteiger partial charge in [-0.1, -0.05) is 60.7 Å². The van der Waals surface area contributed by atoms with Gasteiger partial charge in [0.15, 0.2) is 5.82 Å². The van der Waals surface area contributed by atoms with Crippen molar-refractivity contribution in [2.24, 2.45) is 0 Å². The van der Waals surface area contributed by atoms with E-state index in [1.165, 1.54) is 12.1 Å². The number of carbonyl (C=O) groups is 1. The van der Waals surface area contributed by atoms with Gasteiger partial charge >= 0.3 is 6.18 Å². The van der Waals surface area contributed by atoms with Crippen LogP contribution in [0.15, 0.2) is 109 Å². The number of aromatic nitrogens is 4. The Morgan fingerprint density at radius 1 is 0.795 bits per heavy atom. The van der Waals surface area contributed by atoms with Crippen molar-refractivity contribution in [3.8, 4) is 28.3 Å². The molecule has 2 aromatic heterocycles. The van der Waals surface area contributed by atoms with Gasteiger partial charge < -0.3 is 0 Å². The number of para-hydroxylation sites is 3. The van der Waals surface area contributed by atoms with Crippen LogP contribution in [-0.2, 0) is 6.18 Å². The predicted octanol–water partition coefficient (Wildman–Crippen LogP) is 7.57. The first kappa shape index (κ1) is 24.4. The number of nitrogens with zero attached hydrogens (tertiary/aromatic N) is 4. The Labute approximate surface area is 221 Å². The average molecular weight is 523 g/mol. The summed E-state index contributed by atoms with van der Waals surface area (Å²) in [6.07, 6.45) is -2.70. The van der Waals surface area contributed by atoms with Crippen LogP contribution in [0.3, 0.4) is 0 Å². The van der Waals surface area contributed by atoms with Crippen LogP contribution in [0.4, 0.5) is 13.2 Å². The largest absolute Gasteiger partial charge is 0.416 e. The van der Waals surface area contributed by atoms with E-state index in [4.69, 9.17) is 10.1 Å². The lowest BCUT2D eigenvalue weighted by Crippen LogP contribution is -2.14. The summed E-state index contributed by atoms with van der Waals surface area (Å²) in [5, 5.41) is 4.75. The number of hydrogen-bond acceptors (Lipinski definition) is 3. The summed E-state index contributed by atoms with van der Waals surface area (Å²) in [5.74, 6) is 0.0872. The first-order valence-corrected chi connectivity index (χ1v) is 12.2. The number of alkyl halides is 3. The Bertz CT molecular complexity index is 1820. The van der Waals surface area contributed by atoms with Gasteiger partial charge in [-0.05, 0) is 55.0 Å². The van der Waals surface area contributed by atoms with E-state index in [1.807, 2.05) is 73.7 Å². The van der Waals surface area contributed by atoms with Gasteiger partial charge in [0.1, 0.15) is 5.69 Å². The Balaban J connectivity index is 1.61. The molecule has 0 aliphatic rings. The van der Waals surface area contributed by atoms with Crippen molar-refractivity contribution in [2.45, 2.75) is 13.1 Å². The van der Waals surface area contributed by atoms with Crippen LogP contribution in [0.25, 0.3) is 39.4 Å². The topological polar surface area (TPSA) is 52.7 Å². The zero-order valence-corrected chi connectivity index (χ0v) is 20.7. The molecule has 0 aliphatic carbocycles. The maximum Gasteiger partial charge on any atom is 0.416 e. The van der Waals surface area contributed by atoms with Gasteiger partial charge in [-0.25, -0.2) is 9.67 Å². The van der Waals surface area contributed by atoms with Crippen molar-refractivity contribution in [1.29, 1.82) is 0 Å². The summed E-state index contributed by atoms with van der Waals surface area (Å²) in [7, 11) is 0. The van der Waals surface area contributed by atoms with Crippen LogP contribution >= 0.6 is 0 Å². The Morgan fingerprint density at radius 2 is 1.46 bits per heavy atom. The second kappa shape index (κ2) is 9.40. The zero-order chi connectivity index (χ0) is 27.1. The van der Waals surface area contributed by atoms with Crippen molar-refractivity contribution in [2.75, 3.05) is 0 Å². The van der Waals surface area contributed by atoms with E-state index >= 15 is 0 Å². The molecule has 0 saturated heterocycles. The van der Waals surface area contributed by atoms with Gasteiger partial charge in [-0.3, -0.25) is 9.36 Å². The molecular weight excluding hydrogens is 501 g/mol. The molecule has 0 bridgehead atoms. The van der Waals surface area contributed by atoms with E-state index in [0.29, 0.717) is 39.2 Å². The molecule has 0 spiro atoms. The maximum atomic E-state index is 14.0. The summed E-state index contributed by atoms with van der Waals surface area (Å²) in [5.41, 5.74) is 3.95. The molecule has 8 heteroatoms. The number of aryl methyl sites for hydroxylation is 1. The smallest absolute Gasteiger partial charge is 0.268 e. The third-order valence-corrected chi connectivity index (χ3v) is 6.60. The molecule has 39 heavy (non-hydrogen) atoms. The van der Waals surface area contributed by atoms with Gasteiger partial charge in [-0.2, -0.15) is 18.3 Å². The molecule has 0 N–H and O–H groups in total. The standard InChI is InChI=1S/C31H21F3N4O/c1-20-9-5-6-12-24(20)30(39)38-27-14-8-7-13-26(27)35-29(38)25-19-37(23-10-3-2-4-11-23)36-28(25)21-15-17-22(18-16-21)31(32,33)34/h2-19H,1H3. The van der Waals surface area contributed by atoms with Crippen molar-refractivity contribution >= 4 is 16.9 Å². The molecular formula is C31H21F3N4O. The van der Waals surface area contributed by atoms with Gasteiger partial charge in [0.25, 0.3) is 5.91 Å². The minimum atomic E-state index is -4.46. The molecule has 2 heterocycles. The van der Waals surface area contributed by atoms with Crippen molar-refractivity contribution < 1.29 is 18.0 Å². The average Bonchev–Trinajstić information content (AvgIpc) is 3.55. The predicted molar refractivity (Wildman–Crippen MR) is 144 cm³/mol. The van der Waals surface area contributed by atoms with Crippen LogP contribution in [0.1, 0.15) is 21.5 Å². The van der Waals surface area contributed by atoms with Crippen molar-refractivity contribution in [1.82, 2.24) is 19.3 Å². The summed E-state index contributed by atoms with van der Waals surface area (Å²) in [6, 6.07) is 28.8. The second-order valence-electron chi connectivity index (χ2n) is 9.13. The molecule has 0 aliphatic heterocycles. The second-order valence-corrected chi connectivity index (χ2v) is 9.13. The molecule has 6 rings (SSSR count). The molecule has 192 valence electrons. The SMILES string of the molecule is Cc1ccccc1C(=O)n1c(-c2cn(-c3ccccc3)nc2-c2ccc(C(F)(F)F)cc2)nc2ccccc21. The number of benzene rings is 4. The number of fused-ring (bicyclic) bond motifs is 1. The van der Waals surface area contributed by atoms with E-state index in [-0.39, 0.29) is 5.91 Å². The number of hydrogen-bond donors (Lipinski definition) is 0. The lowest BCUT2D eigenvalue weighted by atomic mass is 10.0. The van der Waals surface area contributed by atoms with Gasteiger partial charge in [0.05, 0.1) is 27.8 Å². The van der Waals surface area contributed by atoms with Crippen LogP contribution in [0.5, 0.6) is 0 Å². The molecule has 0 unspecified atom stereocenters. The van der Waals surface area contributed by atoms with E-state index in [1.54, 1.807) is 27.6 Å². The molecule has 0 amide bonds. The van der Waals surface area contributed by atoms with Crippen LogP contribution in [0.2, 0.25) is 0 Å². The summed E-state index contributed by atoms with van der Waals surface area (Å²) >= 11 is 0. The first-order valence-electron chi connectivity index (χ1n) is 12.2. The van der Waals surface area contributed by atoms with Crippen molar-refractivity contribution in [3.63, 3.8) is 0 Å². The van der Waals surface area contributed by atoms with E-state index in [9.17, 15) is 18.0 Å². The molecule has 0 radical (unpaired) electrons. The number of halogens is 3. The lowest BCUT2D eigenvalue weighted by molar-refractivity contribution is -0.137. The number of carbonyl (C=O) groups excluding carboxylic acids is 1. The minimum Gasteiger partial charge on any atom is -0.268 e. The highest BCUT2D eigenvalue weighted by atomic mass is 19.4. The van der Waals surface area contributed by atoms with Crippen molar-refractivity contribution in [3.05, 3.63) is 126 Å². The minimum absolute atomic E-state index is 0.261. The normalized spacial score (nSPS) is 11.7. The summed E-state index contributed by atoms with van der Waals surface area (Å²) in [6.45, 7) is 1.87. The van der Waals surface area contributed by atoms with Gasteiger partial charge in [0.2, 0.25) is 0 Å². The highest BCUT2D eigenvalue weighted by Crippen LogP contribution is 2.36. The summed E-state index contributed by atoms with van der Waals surface area (Å²) < 4.78 is 43.0. The monoisotopic (exact) mass is 522 g/mol. The molecule has 0 atom stereocenters. The van der Waals surface area contributed by atoms with Gasteiger partial charge in [-0.15, -0.1) is 0 Å². The van der Waals surface area contributed by atoms with E-state index in [0.717, 1.165) is 23.4 Å². The molecule has 6 aromatic rings. The van der Waals surface area contributed by atoms with Crippen LogP contribution in [-0.4, -0.2) is 25.2 Å². The van der Waals surface area contributed by atoms with Gasteiger partial charge in [0, 0.05) is 17.3 Å². The first-order chi connectivity index (χ1) is 18.8. The number of rotatable bonds is 4.